The Morgan fingerprint density at radius 2 is 1.74 bits per heavy atom. The second-order valence-corrected chi connectivity index (χ2v) is 8.10. The van der Waals surface area contributed by atoms with Gasteiger partial charge in [-0.15, -0.1) is 0 Å². The van der Waals surface area contributed by atoms with Crippen LogP contribution in [0, 0.1) is 13.8 Å². The van der Waals surface area contributed by atoms with Crippen molar-refractivity contribution in [2.45, 2.75) is 13.8 Å². The molecule has 0 bridgehead atoms. The van der Waals surface area contributed by atoms with Gasteiger partial charge in [-0.1, -0.05) is 48.5 Å². The number of aliphatic imine (C=N–C) groups is 1. The van der Waals surface area contributed by atoms with Gasteiger partial charge in [0.15, 0.2) is 5.17 Å². The number of rotatable bonds is 4. The van der Waals surface area contributed by atoms with E-state index in [2.05, 4.69) is 10.3 Å². The zero-order valence-corrected chi connectivity index (χ0v) is 17.9. The molecule has 1 heterocycles. The summed E-state index contributed by atoms with van der Waals surface area (Å²) in [5.41, 5.74) is 4.05. The first-order valence-electron chi connectivity index (χ1n) is 9.73. The summed E-state index contributed by atoms with van der Waals surface area (Å²) in [6, 6.07) is 21.9. The first-order valence-corrected chi connectivity index (χ1v) is 10.5. The van der Waals surface area contributed by atoms with Crippen molar-refractivity contribution in [1.29, 1.82) is 0 Å². The number of amides is 1. The van der Waals surface area contributed by atoms with E-state index in [1.54, 1.807) is 48.5 Å². The third-order valence-electron chi connectivity index (χ3n) is 4.66. The van der Waals surface area contributed by atoms with Gasteiger partial charge in [0.2, 0.25) is 0 Å². The third-order valence-corrected chi connectivity index (χ3v) is 5.57. The summed E-state index contributed by atoms with van der Waals surface area (Å²) < 4.78 is 5.57. The summed E-state index contributed by atoms with van der Waals surface area (Å²) >= 11 is 1.26. The Morgan fingerprint density at radius 3 is 2.55 bits per heavy atom. The van der Waals surface area contributed by atoms with E-state index in [4.69, 9.17) is 4.74 Å². The molecule has 5 nitrogen and oxygen atoms in total. The molecule has 0 aliphatic carbocycles. The zero-order chi connectivity index (χ0) is 21.8. The van der Waals surface area contributed by atoms with Crippen LogP contribution in [0.25, 0.3) is 6.08 Å². The average Bonchev–Trinajstić information content (AvgIpc) is 3.11. The van der Waals surface area contributed by atoms with Crippen molar-refractivity contribution < 1.29 is 14.3 Å². The van der Waals surface area contributed by atoms with Crippen LogP contribution in [0.1, 0.15) is 27.0 Å². The molecule has 4 rings (SSSR count). The molecule has 1 N–H and O–H groups in total. The van der Waals surface area contributed by atoms with Gasteiger partial charge in [-0.3, -0.25) is 4.79 Å². The van der Waals surface area contributed by atoms with Crippen molar-refractivity contribution in [3.8, 4) is 5.75 Å². The van der Waals surface area contributed by atoms with Crippen LogP contribution in [0.3, 0.4) is 0 Å². The highest BCUT2D eigenvalue weighted by Crippen LogP contribution is 2.31. The second kappa shape index (κ2) is 9.02. The first-order chi connectivity index (χ1) is 15.0. The third kappa shape index (κ3) is 4.92. The van der Waals surface area contributed by atoms with E-state index < -0.39 is 5.97 Å². The van der Waals surface area contributed by atoms with Crippen molar-refractivity contribution in [3.63, 3.8) is 0 Å². The van der Waals surface area contributed by atoms with Crippen LogP contribution in [-0.2, 0) is 4.79 Å². The summed E-state index contributed by atoms with van der Waals surface area (Å²) in [4.78, 5) is 30.0. The molecular weight excluding hydrogens is 408 g/mol. The summed E-state index contributed by atoms with van der Waals surface area (Å²) in [6.45, 7) is 3.98. The monoisotopic (exact) mass is 428 g/mol. The number of nitrogens with zero attached hydrogens (tertiary/aromatic N) is 1. The molecule has 6 heteroatoms. The lowest BCUT2D eigenvalue weighted by atomic mass is 10.1. The van der Waals surface area contributed by atoms with Crippen molar-refractivity contribution in [1.82, 2.24) is 5.32 Å². The standard InChI is InChI=1S/C25H20N2O3S/c1-16-12-13-17(2)20(14-16)26-25-27-23(28)22(31-25)15-19-10-6-7-11-21(19)30-24(29)18-8-4-3-5-9-18/h3-15H,1-2H3,(H,26,27,28)/b22-15-. The molecule has 0 spiro atoms. The number of thioether (sulfide) groups is 1. The molecule has 3 aromatic rings. The highest BCUT2D eigenvalue weighted by molar-refractivity contribution is 8.18. The molecule has 1 fully saturated rings. The number of carbonyl (C=O) groups excluding carboxylic acids is 2. The molecular formula is C25H20N2O3S. The fourth-order valence-corrected chi connectivity index (χ4v) is 3.82. The van der Waals surface area contributed by atoms with E-state index in [-0.39, 0.29) is 5.91 Å². The summed E-state index contributed by atoms with van der Waals surface area (Å²) in [5.74, 6) is -0.303. The smallest absolute Gasteiger partial charge is 0.343 e. The molecule has 1 amide bonds. The Balaban J connectivity index is 1.58. The molecule has 31 heavy (non-hydrogen) atoms. The van der Waals surface area contributed by atoms with Gasteiger partial charge in [-0.05, 0) is 67.1 Å². The number of hydrogen-bond acceptors (Lipinski definition) is 5. The van der Waals surface area contributed by atoms with E-state index in [1.165, 1.54) is 11.8 Å². The van der Waals surface area contributed by atoms with Crippen molar-refractivity contribution >= 4 is 40.6 Å². The molecule has 1 saturated heterocycles. The van der Waals surface area contributed by atoms with Crippen molar-refractivity contribution in [3.05, 3.63) is 100.0 Å². The molecule has 1 aliphatic heterocycles. The molecule has 1 aliphatic rings. The van der Waals surface area contributed by atoms with Crippen molar-refractivity contribution in [2.75, 3.05) is 0 Å². The molecule has 0 saturated carbocycles. The van der Waals surface area contributed by atoms with Crippen LogP contribution < -0.4 is 10.1 Å². The van der Waals surface area contributed by atoms with E-state index in [0.29, 0.717) is 26.9 Å². The van der Waals surface area contributed by atoms with Crippen LogP contribution in [0.5, 0.6) is 5.75 Å². The lowest BCUT2D eigenvalue weighted by molar-refractivity contribution is -0.115. The van der Waals surface area contributed by atoms with Crippen LogP contribution in [0.15, 0.2) is 82.7 Å². The SMILES string of the molecule is Cc1ccc(C)c(N=C2NC(=O)/C(=C/c3ccccc3OC(=O)c3ccccc3)S2)c1. The van der Waals surface area contributed by atoms with Crippen LogP contribution >= 0.6 is 11.8 Å². The maximum atomic E-state index is 12.5. The maximum absolute atomic E-state index is 12.5. The number of ether oxygens (including phenoxy) is 1. The average molecular weight is 429 g/mol. The second-order valence-electron chi connectivity index (χ2n) is 7.07. The predicted molar refractivity (Wildman–Crippen MR) is 125 cm³/mol. The number of para-hydroxylation sites is 1. The number of hydrogen-bond donors (Lipinski definition) is 1. The van der Waals surface area contributed by atoms with Gasteiger partial charge < -0.3 is 10.1 Å². The van der Waals surface area contributed by atoms with Gasteiger partial charge in [0.25, 0.3) is 5.91 Å². The summed E-state index contributed by atoms with van der Waals surface area (Å²) in [6.07, 6.45) is 1.71. The minimum absolute atomic E-state index is 0.238. The van der Waals surface area contributed by atoms with Crippen LogP contribution in [0.4, 0.5) is 5.69 Å². The van der Waals surface area contributed by atoms with Gasteiger partial charge in [0.05, 0.1) is 16.2 Å². The van der Waals surface area contributed by atoms with Gasteiger partial charge in [0, 0.05) is 5.56 Å². The highest BCUT2D eigenvalue weighted by atomic mass is 32.2. The lowest BCUT2D eigenvalue weighted by Gasteiger charge is -2.07. The Hall–Kier alpha value is -3.64. The fraction of sp³-hybridized carbons (Fsp3) is 0.0800. The number of benzene rings is 3. The summed E-state index contributed by atoms with van der Waals surface area (Å²) in [5, 5.41) is 3.32. The fourth-order valence-electron chi connectivity index (χ4n) is 3.00. The molecule has 0 aromatic heterocycles. The first kappa shape index (κ1) is 20.6. The minimum Gasteiger partial charge on any atom is -0.422 e. The molecule has 0 unspecified atom stereocenters. The number of nitrogens with one attached hydrogen (secondary N) is 1. The molecule has 154 valence electrons. The van der Waals surface area contributed by atoms with Crippen LogP contribution in [-0.4, -0.2) is 17.0 Å². The van der Waals surface area contributed by atoms with E-state index in [0.717, 1.165) is 16.8 Å². The van der Waals surface area contributed by atoms with Gasteiger partial charge in [-0.2, -0.15) is 0 Å². The number of amidine groups is 1. The number of esters is 1. The van der Waals surface area contributed by atoms with E-state index in [1.807, 2.05) is 44.2 Å². The van der Waals surface area contributed by atoms with Gasteiger partial charge in [-0.25, -0.2) is 9.79 Å². The Morgan fingerprint density at radius 1 is 1.00 bits per heavy atom. The summed E-state index contributed by atoms with van der Waals surface area (Å²) in [7, 11) is 0. The number of aryl methyl sites for hydroxylation is 2. The highest BCUT2D eigenvalue weighted by Gasteiger charge is 2.24. The quantitative estimate of drug-likeness (QED) is 0.343. The van der Waals surface area contributed by atoms with E-state index >= 15 is 0 Å². The van der Waals surface area contributed by atoms with Crippen molar-refractivity contribution in [2.24, 2.45) is 4.99 Å². The molecule has 0 atom stereocenters. The molecule has 3 aromatic carbocycles. The largest absolute Gasteiger partial charge is 0.422 e. The maximum Gasteiger partial charge on any atom is 0.343 e. The Labute approximate surface area is 184 Å². The molecule has 0 radical (unpaired) electrons. The van der Waals surface area contributed by atoms with Gasteiger partial charge in [0.1, 0.15) is 5.75 Å². The Kier molecular flexibility index (Phi) is 6.00. The lowest BCUT2D eigenvalue weighted by Crippen LogP contribution is -2.19. The number of carbonyl (C=O) groups is 2. The van der Waals surface area contributed by atoms with Crippen LogP contribution in [0.2, 0.25) is 0 Å². The predicted octanol–water partition coefficient (Wildman–Crippen LogP) is 5.41. The van der Waals surface area contributed by atoms with Gasteiger partial charge >= 0.3 is 5.97 Å². The van der Waals surface area contributed by atoms with E-state index in [9.17, 15) is 9.59 Å². The normalized spacial score (nSPS) is 15.9. The Bertz CT molecular complexity index is 1220. The topological polar surface area (TPSA) is 67.8 Å². The minimum atomic E-state index is -0.452. The zero-order valence-electron chi connectivity index (χ0n) is 17.1.